The average Bonchev–Trinajstić information content (AvgIpc) is 2.65. The molecule has 0 atom stereocenters. The zero-order chi connectivity index (χ0) is 11.6. The number of aromatic nitrogens is 2. The van der Waals surface area contributed by atoms with E-state index >= 15 is 0 Å². The number of rotatable bonds is 3. The van der Waals surface area contributed by atoms with Crippen molar-refractivity contribution >= 4 is 29.1 Å². The maximum Gasteiger partial charge on any atom is 0.138 e. The minimum Gasteiger partial charge on any atom is -1.00 e. The molecule has 0 radical (unpaired) electrons. The van der Waals surface area contributed by atoms with E-state index in [1.54, 1.807) is 11.8 Å². The van der Waals surface area contributed by atoms with Gasteiger partial charge in [0.2, 0.25) is 0 Å². The predicted octanol–water partition coefficient (Wildman–Crippen LogP) is -0.482. The highest BCUT2D eigenvalue weighted by Gasteiger charge is 2.25. The van der Waals surface area contributed by atoms with E-state index in [1.165, 1.54) is 23.8 Å². The van der Waals surface area contributed by atoms with Crippen LogP contribution >= 0.6 is 23.5 Å². The zero-order valence-corrected chi connectivity index (χ0v) is 14.2. The third-order valence-electron chi connectivity index (χ3n) is 2.77. The SMILES string of the molecule is CCSc1nsnc1C1=CCC[N+](C)(C)C1.[I-]. The Balaban J connectivity index is 0.00000144. The normalized spacial score (nSPS) is 18.4. The molecule has 0 spiro atoms. The van der Waals surface area contributed by atoms with Gasteiger partial charge < -0.3 is 28.5 Å². The summed E-state index contributed by atoms with van der Waals surface area (Å²) in [5, 5.41) is 1.11. The molecule has 0 fully saturated rings. The molecule has 0 bridgehead atoms. The first-order chi connectivity index (χ1) is 7.62. The Morgan fingerprint density at radius 3 is 2.82 bits per heavy atom. The predicted molar refractivity (Wildman–Crippen MR) is 70.7 cm³/mol. The van der Waals surface area contributed by atoms with E-state index < -0.39 is 0 Å². The summed E-state index contributed by atoms with van der Waals surface area (Å²) in [6.07, 6.45) is 3.48. The maximum absolute atomic E-state index is 4.46. The number of halogens is 1. The lowest BCUT2D eigenvalue weighted by Gasteiger charge is -2.33. The molecule has 0 unspecified atom stereocenters. The van der Waals surface area contributed by atoms with Crippen LogP contribution in [0.4, 0.5) is 0 Å². The summed E-state index contributed by atoms with van der Waals surface area (Å²) in [7, 11) is 4.55. The van der Waals surface area contributed by atoms with Gasteiger partial charge in [0.15, 0.2) is 0 Å². The van der Waals surface area contributed by atoms with E-state index in [2.05, 4.69) is 35.8 Å². The Hall–Kier alpha value is 0.340. The number of nitrogens with zero attached hydrogens (tertiary/aromatic N) is 3. The molecule has 1 aromatic rings. The number of thioether (sulfide) groups is 1. The van der Waals surface area contributed by atoms with Crippen molar-refractivity contribution in [3.63, 3.8) is 0 Å². The van der Waals surface area contributed by atoms with Crippen LogP contribution < -0.4 is 24.0 Å². The highest BCUT2D eigenvalue weighted by atomic mass is 127. The van der Waals surface area contributed by atoms with E-state index in [1.807, 2.05) is 0 Å². The van der Waals surface area contributed by atoms with Crippen molar-refractivity contribution < 1.29 is 28.5 Å². The van der Waals surface area contributed by atoms with Crippen LogP contribution in [0.25, 0.3) is 5.57 Å². The van der Waals surface area contributed by atoms with Crippen LogP contribution in [0.3, 0.4) is 0 Å². The largest absolute Gasteiger partial charge is 1.00 e. The average molecular weight is 383 g/mol. The first kappa shape index (κ1) is 15.4. The van der Waals surface area contributed by atoms with Gasteiger partial charge in [-0.3, -0.25) is 0 Å². The Morgan fingerprint density at radius 1 is 1.41 bits per heavy atom. The van der Waals surface area contributed by atoms with Crippen LogP contribution in [-0.2, 0) is 0 Å². The second-order valence-electron chi connectivity index (χ2n) is 4.69. The van der Waals surface area contributed by atoms with Crippen LogP contribution in [-0.4, -0.2) is 46.2 Å². The standard InChI is InChI=1S/C11H18N3S2.HI/c1-4-15-11-10(12-16-13-11)9-6-5-7-14(2,3)8-9;/h6H,4-5,7-8H2,1-3H3;1H/q+1;/p-1. The summed E-state index contributed by atoms with van der Waals surface area (Å²) in [5.74, 6) is 1.06. The van der Waals surface area contributed by atoms with Crippen molar-refractivity contribution in [2.45, 2.75) is 18.4 Å². The van der Waals surface area contributed by atoms with Crippen molar-refractivity contribution in [1.29, 1.82) is 0 Å². The Morgan fingerprint density at radius 2 is 2.18 bits per heavy atom. The topological polar surface area (TPSA) is 25.8 Å². The number of quaternary nitrogens is 1. The summed E-state index contributed by atoms with van der Waals surface area (Å²) < 4.78 is 9.89. The number of likely N-dealkylation sites (N-methyl/N-ethyl adjacent to an activating group) is 1. The van der Waals surface area contributed by atoms with Gasteiger partial charge in [-0.1, -0.05) is 13.0 Å². The van der Waals surface area contributed by atoms with Crippen LogP contribution in [0.5, 0.6) is 0 Å². The molecule has 6 heteroatoms. The van der Waals surface area contributed by atoms with Gasteiger partial charge in [-0.25, -0.2) is 0 Å². The minimum atomic E-state index is 0. The van der Waals surface area contributed by atoms with E-state index in [-0.39, 0.29) is 24.0 Å². The quantitative estimate of drug-likeness (QED) is 0.401. The first-order valence-corrected chi connectivity index (χ1v) is 7.31. The molecule has 0 saturated carbocycles. The Labute approximate surface area is 129 Å². The van der Waals surface area contributed by atoms with Crippen molar-refractivity contribution in [2.75, 3.05) is 32.9 Å². The fourth-order valence-corrected chi connectivity index (χ4v) is 3.41. The second-order valence-corrected chi connectivity index (χ2v) is 6.47. The molecule has 17 heavy (non-hydrogen) atoms. The van der Waals surface area contributed by atoms with Gasteiger partial charge in [-0.05, 0) is 5.75 Å². The van der Waals surface area contributed by atoms with Gasteiger partial charge >= 0.3 is 0 Å². The molecule has 2 heterocycles. The summed E-state index contributed by atoms with van der Waals surface area (Å²) in [6, 6.07) is 0. The lowest BCUT2D eigenvalue weighted by molar-refractivity contribution is -0.883. The van der Waals surface area contributed by atoms with Crippen LogP contribution in [0, 0.1) is 0 Å². The molecule has 0 N–H and O–H groups in total. The van der Waals surface area contributed by atoms with Crippen LogP contribution in [0.1, 0.15) is 19.0 Å². The molecule has 1 aliphatic rings. The number of hydrogen-bond donors (Lipinski definition) is 0. The molecule has 2 rings (SSSR count). The molecule has 0 amide bonds. The molecule has 1 aromatic heterocycles. The fraction of sp³-hybridized carbons (Fsp3) is 0.636. The van der Waals surface area contributed by atoms with Gasteiger partial charge in [0.05, 0.1) is 32.4 Å². The van der Waals surface area contributed by atoms with Gasteiger partial charge in [-0.15, -0.1) is 11.8 Å². The van der Waals surface area contributed by atoms with Crippen LogP contribution in [0.2, 0.25) is 0 Å². The molecular weight excluding hydrogens is 365 g/mol. The third kappa shape index (κ3) is 3.90. The Kier molecular flexibility index (Phi) is 5.88. The molecular formula is C11H18IN3S2. The smallest absolute Gasteiger partial charge is 0.138 e. The summed E-state index contributed by atoms with van der Waals surface area (Å²) in [5.41, 5.74) is 2.50. The number of hydrogen-bond acceptors (Lipinski definition) is 4. The Bertz CT molecular complexity index is 401. The van der Waals surface area contributed by atoms with Crippen molar-refractivity contribution in [3.8, 4) is 0 Å². The third-order valence-corrected chi connectivity index (χ3v) is 4.26. The van der Waals surface area contributed by atoms with E-state index in [0.29, 0.717) is 0 Å². The zero-order valence-electron chi connectivity index (χ0n) is 10.4. The lowest BCUT2D eigenvalue weighted by Crippen LogP contribution is -3.00. The van der Waals surface area contributed by atoms with Gasteiger partial charge in [0.1, 0.15) is 17.3 Å². The monoisotopic (exact) mass is 383 g/mol. The highest BCUT2D eigenvalue weighted by Crippen LogP contribution is 2.29. The van der Waals surface area contributed by atoms with Crippen molar-refractivity contribution in [1.82, 2.24) is 8.75 Å². The highest BCUT2D eigenvalue weighted by molar-refractivity contribution is 7.99. The summed E-state index contributed by atoms with van der Waals surface area (Å²) >= 11 is 3.12. The molecule has 0 aliphatic carbocycles. The summed E-state index contributed by atoms with van der Waals surface area (Å²) in [4.78, 5) is 0. The van der Waals surface area contributed by atoms with E-state index in [4.69, 9.17) is 0 Å². The van der Waals surface area contributed by atoms with E-state index in [9.17, 15) is 0 Å². The first-order valence-electron chi connectivity index (χ1n) is 5.59. The second kappa shape index (κ2) is 6.49. The van der Waals surface area contributed by atoms with Gasteiger partial charge in [-0.2, -0.15) is 8.75 Å². The lowest BCUT2D eigenvalue weighted by atomic mass is 10.1. The molecule has 96 valence electrons. The van der Waals surface area contributed by atoms with Crippen molar-refractivity contribution in [3.05, 3.63) is 11.8 Å². The fourth-order valence-electron chi connectivity index (χ4n) is 1.97. The minimum absolute atomic E-state index is 0. The molecule has 0 aromatic carbocycles. The van der Waals surface area contributed by atoms with Gasteiger partial charge in [0, 0.05) is 12.0 Å². The van der Waals surface area contributed by atoms with Crippen molar-refractivity contribution in [2.24, 2.45) is 0 Å². The molecule has 3 nitrogen and oxygen atoms in total. The van der Waals surface area contributed by atoms with E-state index in [0.717, 1.165) is 33.9 Å². The summed E-state index contributed by atoms with van der Waals surface area (Å²) in [6.45, 7) is 4.45. The maximum atomic E-state index is 4.46. The molecule has 0 saturated heterocycles. The molecule has 1 aliphatic heterocycles. The van der Waals surface area contributed by atoms with Crippen LogP contribution in [0.15, 0.2) is 11.1 Å². The van der Waals surface area contributed by atoms with Gasteiger partial charge in [0.25, 0.3) is 0 Å².